The van der Waals surface area contributed by atoms with Crippen LogP contribution in [-0.2, 0) is 6.42 Å². The van der Waals surface area contributed by atoms with Gasteiger partial charge in [-0.15, -0.1) is 0 Å². The maximum absolute atomic E-state index is 5.51. The molecule has 62 valence electrons. The van der Waals surface area contributed by atoms with Crippen LogP contribution in [0.2, 0.25) is 0 Å². The second-order valence-electron chi connectivity index (χ2n) is 3.07. The second-order valence-corrected chi connectivity index (χ2v) is 3.07. The Morgan fingerprint density at radius 3 is 2.36 bits per heavy atom. The zero-order valence-corrected chi connectivity index (χ0v) is 7.64. The van der Waals surface area contributed by atoms with E-state index < -0.39 is 0 Å². The normalized spacial score (nSPS) is 11.0. The fourth-order valence-electron chi connectivity index (χ4n) is 1.03. The van der Waals surface area contributed by atoms with E-state index in [4.69, 9.17) is 4.42 Å². The highest BCUT2D eigenvalue weighted by Gasteiger charge is 2.09. The molecule has 1 aromatic heterocycles. The van der Waals surface area contributed by atoms with Gasteiger partial charge in [-0.05, 0) is 6.92 Å². The molecule has 0 spiro atoms. The van der Waals surface area contributed by atoms with Crippen LogP contribution in [0, 0.1) is 6.92 Å². The molecule has 0 radical (unpaired) electrons. The highest BCUT2D eigenvalue weighted by molar-refractivity contribution is 5.08. The summed E-state index contributed by atoms with van der Waals surface area (Å²) in [6, 6.07) is 0. The third-order valence-electron chi connectivity index (χ3n) is 1.72. The fraction of sp³-hybridized carbons (Fsp3) is 0.667. The van der Waals surface area contributed by atoms with Crippen LogP contribution in [-0.4, -0.2) is 4.98 Å². The van der Waals surface area contributed by atoms with Crippen molar-refractivity contribution in [1.29, 1.82) is 0 Å². The quantitative estimate of drug-likeness (QED) is 0.652. The van der Waals surface area contributed by atoms with Crippen molar-refractivity contribution < 1.29 is 4.42 Å². The molecule has 0 saturated carbocycles. The summed E-state index contributed by atoms with van der Waals surface area (Å²) in [7, 11) is 0. The molecule has 0 fully saturated rings. The standard InChI is InChI=1S/C9H15NO/c1-5-8-7(4)10-9(11-8)6(2)3/h6H,5H2,1-4H3. The lowest BCUT2D eigenvalue weighted by atomic mass is 10.2. The Hall–Kier alpha value is -0.790. The smallest absolute Gasteiger partial charge is 0.197 e. The van der Waals surface area contributed by atoms with Crippen molar-refractivity contribution in [1.82, 2.24) is 4.98 Å². The Morgan fingerprint density at radius 1 is 1.45 bits per heavy atom. The van der Waals surface area contributed by atoms with Gasteiger partial charge >= 0.3 is 0 Å². The molecule has 2 heteroatoms. The van der Waals surface area contributed by atoms with E-state index in [1.165, 1.54) is 0 Å². The molecule has 0 amide bonds. The Labute approximate surface area is 67.6 Å². The van der Waals surface area contributed by atoms with Gasteiger partial charge in [0.15, 0.2) is 5.89 Å². The summed E-state index contributed by atoms with van der Waals surface area (Å²) in [6.07, 6.45) is 0.936. The average molecular weight is 153 g/mol. The molecule has 0 aromatic carbocycles. The van der Waals surface area contributed by atoms with E-state index in [2.05, 4.69) is 25.8 Å². The lowest BCUT2D eigenvalue weighted by Crippen LogP contribution is -1.85. The van der Waals surface area contributed by atoms with Gasteiger partial charge in [0.25, 0.3) is 0 Å². The first-order chi connectivity index (χ1) is 5.15. The van der Waals surface area contributed by atoms with Gasteiger partial charge in [0, 0.05) is 12.3 Å². The molecule has 0 N–H and O–H groups in total. The lowest BCUT2D eigenvalue weighted by molar-refractivity contribution is 0.439. The first kappa shape index (κ1) is 8.31. The van der Waals surface area contributed by atoms with Gasteiger partial charge in [-0.3, -0.25) is 0 Å². The van der Waals surface area contributed by atoms with Gasteiger partial charge in [0.1, 0.15) is 5.76 Å². The van der Waals surface area contributed by atoms with Crippen molar-refractivity contribution >= 4 is 0 Å². The Balaban J connectivity index is 2.95. The van der Waals surface area contributed by atoms with E-state index in [-0.39, 0.29) is 0 Å². The molecule has 0 aliphatic rings. The molecule has 1 heterocycles. The second kappa shape index (κ2) is 3.07. The summed E-state index contributed by atoms with van der Waals surface area (Å²) in [5.74, 6) is 2.28. The van der Waals surface area contributed by atoms with E-state index in [1.54, 1.807) is 0 Å². The molecular weight excluding hydrogens is 138 g/mol. The molecule has 0 saturated heterocycles. The molecule has 1 rings (SSSR count). The highest BCUT2D eigenvalue weighted by atomic mass is 16.4. The summed E-state index contributed by atoms with van der Waals surface area (Å²) >= 11 is 0. The molecular formula is C9H15NO. The van der Waals surface area contributed by atoms with Gasteiger partial charge in [-0.25, -0.2) is 4.98 Å². The largest absolute Gasteiger partial charge is 0.445 e. The predicted octanol–water partition coefficient (Wildman–Crippen LogP) is 2.67. The summed E-state index contributed by atoms with van der Waals surface area (Å²) in [5.41, 5.74) is 1.04. The minimum Gasteiger partial charge on any atom is -0.445 e. The van der Waals surface area contributed by atoms with Gasteiger partial charge in [0.05, 0.1) is 5.69 Å². The monoisotopic (exact) mass is 153 g/mol. The van der Waals surface area contributed by atoms with E-state index in [9.17, 15) is 0 Å². The zero-order valence-electron chi connectivity index (χ0n) is 7.64. The predicted molar refractivity (Wildman–Crippen MR) is 44.7 cm³/mol. The molecule has 2 nitrogen and oxygen atoms in total. The first-order valence-corrected chi connectivity index (χ1v) is 4.11. The number of nitrogens with zero attached hydrogens (tertiary/aromatic N) is 1. The van der Waals surface area contributed by atoms with Crippen LogP contribution in [0.3, 0.4) is 0 Å². The van der Waals surface area contributed by atoms with Crippen molar-refractivity contribution in [3.05, 3.63) is 17.3 Å². The van der Waals surface area contributed by atoms with E-state index in [0.29, 0.717) is 5.92 Å². The van der Waals surface area contributed by atoms with Crippen molar-refractivity contribution in [2.75, 3.05) is 0 Å². The minimum atomic E-state index is 0.397. The Morgan fingerprint density at radius 2 is 2.09 bits per heavy atom. The van der Waals surface area contributed by atoms with Crippen LogP contribution in [0.1, 0.15) is 44.0 Å². The van der Waals surface area contributed by atoms with E-state index in [0.717, 1.165) is 23.8 Å². The van der Waals surface area contributed by atoms with Crippen LogP contribution < -0.4 is 0 Å². The van der Waals surface area contributed by atoms with Crippen LogP contribution in [0.5, 0.6) is 0 Å². The highest BCUT2D eigenvalue weighted by Crippen LogP contribution is 2.17. The van der Waals surface area contributed by atoms with Crippen LogP contribution in [0.4, 0.5) is 0 Å². The van der Waals surface area contributed by atoms with Gasteiger partial charge in [0.2, 0.25) is 0 Å². The van der Waals surface area contributed by atoms with Crippen LogP contribution in [0.15, 0.2) is 4.42 Å². The number of aryl methyl sites for hydroxylation is 2. The summed E-state index contributed by atoms with van der Waals surface area (Å²) < 4.78 is 5.51. The van der Waals surface area contributed by atoms with Gasteiger partial charge in [-0.1, -0.05) is 20.8 Å². The Bertz CT molecular complexity index is 238. The first-order valence-electron chi connectivity index (χ1n) is 4.11. The number of aromatic nitrogens is 1. The van der Waals surface area contributed by atoms with Crippen molar-refractivity contribution in [3.8, 4) is 0 Å². The summed E-state index contributed by atoms with van der Waals surface area (Å²) in [5, 5.41) is 0. The maximum atomic E-state index is 5.51. The van der Waals surface area contributed by atoms with E-state index in [1.807, 2.05) is 6.92 Å². The number of oxazole rings is 1. The zero-order chi connectivity index (χ0) is 8.43. The molecule has 1 aromatic rings. The average Bonchev–Trinajstić information content (AvgIpc) is 2.31. The topological polar surface area (TPSA) is 26.0 Å². The van der Waals surface area contributed by atoms with Crippen LogP contribution >= 0.6 is 0 Å². The SMILES string of the molecule is CCc1oc(C(C)C)nc1C. The lowest BCUT2D eigenvalue weighted by Gasteiger charge is -1.94. The van der Waals surface area contributed by atoms with Crippen LogP contribution in [0.25, 0.3) is 0 Å². The molecule has 0 bridgehead atoms. The van der Waals surface area contributed by atoms with Crippen molar-refractivity contribution in [2.24, 2.45) is 0 Å². The fourth-order valence-corrected chi connectivity index (χ4v) is 1.03. The van der Waals surface area contributed by atoms with Gasteiger partial charge in [-0.2, -0.15) is 0 Å². The molecule has 0 atom stereocenters. The number of hydrogen-bond donors (Lipinski definition) is 0. The Kier molecular flexibility index (Phi) is 2.32. The van der Waals surface area contributed by atoms with Crippen molar-refractivity contribution in [3.63, 3.8) is 0 Å². The molecule has 11 heavy (non-hydrogen) atoms. The minimum absolute atomic E-state index is 0.397. The maximum Gasteiger partial charge on any atom is 0.197 e. The van der Waals surface area contributed by atoms with Crippen molar-refractivity contribution in [2.45, 2.75) is 40.0 Å². The van der Waals surface area contributed by atoms with E-state index >= 15 is 0 Å². The summed E-state index contributed by atoms with van der Waals surface area (Å²) in [4.78, 5) is 4.31. The molecule has 0 aliphatic carbocycles. The molecule has 0 aliphatic heterocycles. The molecule has 0 unspecified atom stereocenters. The van der Waals surface area contributed by atoms with Gasteiger partial charge < -0.3 is 4.42 Å². The third kappa shape index (κ3) is 1.62. The summed E-state index contributed by atoms with van der Waals surface area (Å²) in [6.45, 7) is 8.25. The number of rotatable bonds is 2. The third-order valence-corrected chi connectivity index (χ3v) is 1.72. The number of hydrogen-bond acceptors (Lipinski definition) is 2.